The molecule has 136 valence electrons. The maximum Gasteiger partial charge on any atom is 0.268 e. The zero-order valence-electron chi connectivity index (χ0n) is 15.1. The van der Waals surface area contributed by atoms with Gasteiger partial charge in [-0.15, -0.1) is 11.3 Å². The summed E-state index contributed by atoms with van der Waals surface area (Å²) in [5.74, 6) is 0.894. The maximum atomic E-state index is 12.8. The number of ether oxygens (including phenoxy) is 1. The Bertz CT molecular complexity index is 865. The van der Waals surface area contributed by atoms with Crippen molar-refractivity contribution in [3.8, 4) is 11.8 Å². The molecule has 0 saturated heterocycles. The van der Waals surface area contributed by atoms with Crippen molar-refractivity contribution >= 4 is 33.8 Å². The largest absolute Gasteiger partial charge is 0.478 e. The van der Waals surface area contributed by atoms with Crippen molar-refractivity contribution in [2.45, 2.75) is 45.6 Å². The van der Waals surface area contributed by atoms with Gasteiger partial charge in [0.15, 0.2) is 5.60 Å². The van der Waals surface area contributed by atoms with E-state index in [1.165, 1.54) is 16.2 Å². The third-order valence-corrected chi connectivity index (χ3v) is 6.01. The van der Waals surface area contributed by atoms with E-state index < -0.39 is 5.60 Å². The van der Waals surface area contributed by atoms with Gasteiger partial charge in [-0.3, -0.25) is 4.79 Å². The van der Waals surface area contributed by atoms with Crippen LogP contribution in [0.15, 0.2) is 24.3 Å². The van der Waals surface area contributed by atoms with Crippen molar-refractivity contribution in [3.05, 3.63) is 45.3 Å². The van der Waals surface area contributed by atoms with Crippen LogP contribution in [0.25, 0.3) is 0 Å². The highest BCUT2D eigenvalue weighted by Crippen LogP contribution is 2.39. The Morgan fingerprint density at radius 3 is 2.73 bits per heavy atom. The molecule has 0 aliphatic heterocycles. The van der Waals surface area contributed by atoms with Crippen LogP contribution in [-0.4, -0.2) is 11.5 Å². The number of thiophene rings is 1. The van der Waals surface area contributed by atoms with Gasteiger partial charge in [-0.1, -0.05) is 18.5 Å². The van der Waals surface area contributed by atoms with Crippen LogP contribution >= 0.6 is 22.9 Å². The van der Waals surface area contributed by atoms with Crippen LogP contribution in [0.1, 0.15) is 43.2 Å². The van der Waals surface area contributed by atoms with E-state index in [1.807, 2.05) is 0 Å². The first-order valence-corrected chi connectivity index (χ1v) is 9.80. The average Bonchev–Trinajstić information content (AvgIpc) is 2.92. The standard InChI is InChI=1S/C20H21ClN2O2S/c1-12-4-9-15-16(11-22)18(26-17(15)10-12)23-19(24)20(2,3)25-14-7-5-13(21)6-8-14/h5-8,12H,4,9-10H2,1-3H3,(H,23,24)/t12-/m1/s1. The van der Waals surface area contributed by atoms with E-state index in [9.17, 15) is 10.1 Å². The smallest absolute Gasteiger partial charge is 0.268 e. The molecule has 2 aromatic rings. The number of benzene rings is 1. The molecule has 0 spiro atoms. The third kappa shape index (κ3) is 3.87. The fraction of sp³-hybridized carbons (Fsp3) is 0.400. The number of amides is 1. The average molecular weight is 389 g/mol. The molecule has 6 heteroatoms. The van der Waals surface area contributed by atoms with Crippen molar-refractivity contribution in [2.24, 2.45) is 5.92 Å². The van der Waals surface area contributed by atoms with Crippen molar-refractivity contribution in [2.75, 3.05) is 5.32 Å². The van der Waals surface area contributed by atoms with Gasteiger partial charge in [-0.2, -0.15) is 5.26 Å². The van der Waals surface area contributed by atoms with Crippen molar-refractivity contribution < 1.29 is 9.53 Å². The van der Waals surface area contributed by atoms with Crippen molar-refractivity contribution in [1.82, 2.24) is 0 Å². The number of carbonyl (C=O) groups excluding carboxylic acids is 1. The summed E-state index contributed by atoms with van der Waals surface area (Å²) in [6.45, 7) is 5.63. The molecule has 0 radical (unpaired) electrons. The second-order valence-corrected chi connectivity index (χ2v) is 8.73. The number of nitrogens with one attached hydrogen (secondary N) is 1. The van der Waals surface area contributed by atoms with Gasteiger partial charge in [0.25, 0.3) is 5.91 Å². The van der Waals surface area contributed by atoms with Gasteiger partial charge in [0.05, 0.1) is 5.56 Å². The number of halogens is 1. The minimum Gasteiger partial charge on any atom is -0.478 e. The molecule has 1 aliphatic rings. The third-order valence-electron chi connectivity index (χ3n) is 4.58. The molecule has 1 heterocycles. The lowest BCUT2D eigenvalue weighted by molar-refractivity contribution is -0.128. The first-order chi connectivity index (χ1) is 12.3. The van der Waals surface area contributed by atoms with E-state index in [1.54, 1.807) is 38.1 Å². The van der Waals surface area contributed by atoms with Gasteiger partial charge < -0.3 is 10.1 Å². The van der Waals surface area contributed by atoms with E-state index in [0.717, 1.165) is 24.8 Å². The quantitative estimate of drug-likeness (QED) is 0.783. The van der Waals surface area contributed by atoms with Gasteiger partial charge >= 0.3 is 0 Å². The molecular weight excluding hydrogens is 368 g/mol. The Labute approximate surface area is 162 Å². The number of anilines is 1. The summed E-state index contributed by atoms with van der Waals surface area (Å²) in [5, 5.41) is 13.7. The highest BCUT2D eigenvalue weighted by atomic mass is 35.5. The second kappa shape index (κ2) is 7.30. The predicted molar refractivity (Wildman–Crippen MR) is 105 cm³/mol. The Kier molecular flexibility index (Phi) is 5.27. The summed E-state index contributed by atoms with van der Waals surface area (Å²) in [7, 11) is 0. The first-order valence-electron chi connectivity index (χ1n) is 8.61. The Hall–Kier alpha value is -2.03. The highest BCUT2D eigenvalue weighted by molar-refractivity contribution is 7.16. The minimum absolute atomic E-state index is 0.282. The molecule has 1 atom stereocenters. The zero-order chi connectivity index (χ0) is 18.9. The van der Waals surface area contributed by atoms with E-state index in [0.29, 0.717) is 27.3 Å². The number of hydrogen-bond donors (Lipinski definition) is 1. The predicted octanol–water partition coefficient (Wildman–Crippen LogP) is 5.19. The number of nitriles is 1. The zero-order valence-corrected chi connectivity index (χ0v) is 16.6. The lowest BCUT2D eigenvalue weighted by Crippen LogP contribution is -2.42. The topological polar surface area (TPSA) is 62.1 Å². The molecule has 1 amide bonds. The van der Waals surface area contributed by atoms with Crippen molar-refractivity contribution in [1.29, 1.82) is 5.26 Å². The Morgan fingerprint density at radius 1 is 1.38 bits per heavy atom. The number of hydrogen-bond acceptors (Lipinski definition) is 4. The van der Waals surface area contributed by atoms with Crippen LogP contribution in [0.5, 0.6) is 5.75 Å². The van der Waals surface area contributed by atoms with E-state index >= 15 is 0 Å². The molecule has 1 N–H and O–H groups in total. The van der Waals surface area contributed by atoms with Crippen LogP contribution in [0.3, 0.4) is 0 Å². The van der Waals surface area contributed by atoms with Gasteiger partial charge in [-0.05, 0) is 68.9 Å². The molecule has 1 aliphatic carbocycles. The molecule has 26 heavy (non-hydrogen) atoms. The summed E-state index contributed by atoms with van der Waals surface area (Å²) in [6.07, 6.45) is 2.95. The summed E-state index contributed by atoms with van der Waals surface area (Å²) in [4.78, 5) is 14.0. The van der Waals surface area contributed by atoms with Crippen LogP contribution < -0.4 is 10.1 Å². The molecule has 0 saturated carbocycles. The Morgan fingerprint density at radius 2 is 2.08 bits per heavy atom. The summed E-state index contributed by atoms with van der Waals surface area (Å²) < 4.78 is 5.83. The Balaban J connectivity index is 1.79. The lowest BCUT2D eigenvalue weighted by Gasteiger charge is -2.25. The molecular formula is C20H21ClN2O2S. The van der Waals surface area contributed by atoms with E-state index in [4.69, 9.17) is 16.3 Å². The van der Waals surface area contributed by atoms with Gasteiger partial charge in [0, 0.05) is 9.90 Å². The molecule has 4 nitrogen and oxygen atoms in total. The normalized spacial score (nSPS) is 16.5. The van der Waals surface area contributed by atoms with E-state index in [2.05, 4.69) is 18.3 Å². The number of nitrogens with zero attached hydrogens (tertiary/aromatic N) is 1. The van der Waals surface area contributed by atoms with Gasteiger partial charge in [-0.25, -0.2) is 0 Å². The monoisotopic (exact) mass is 388 g/mol. The fourth-order valence-corrected chi connectivity index (χ4v) is 4.54. The fourth-order valence-electron chi connectivity index (χ4n) is 3.05. The van der Waals surface area contributed by atoms with Crippen LogP contribution in [0.2, 0.25) is 5.02 Å². The van der Waals surface area contributed by atoms with Crippen LogP contribution in [0, 0.1) is 17.2 Å². The van der Waals surface area contributed by atoms with Crippen molar-refractivity contribution in [3.63, 3.8) is 0 Å². The maximum absolute atomic E-state index is 12.8. The van der Waals surface area contributed by atoms with E-state index in [-0.39, 0.29) is 5.91 Å². The molecule has 1 aromatic carbocycles. The molecule has 0 unspecified atom stereocenters. The summed E-state index contributed by atoms with van der Waals surface area (Å²) in [6, 6.07) is 9.15. The minimum atomic E-state index is -1.08. The number of rotatable bonds is 4. The lowest BCUT2D eigenvalue weighted by atomic mass is 9.88. The van der Waals surface area contributed by atoms with Crippen LogP contribution in [0.4, 0.5) is 5.00 Å². The highest BCUT2D eigenvalue weighted by Gasteiger charge is 2.32. The molecule has 3 rings (SSSR count). The molecule has 0 fully saturated rings. The summed E-state index contributed by atoms with van der Waals surface area (Å²) >= 11 is 7.40. The first kappa shape index (κ1) is 18.8. The summed E-state index contributed by atoms with van der Waals surface area (Å²) in [5.41, 5.74) is 0.619. The van der Waals surface area contributed by atoms with Gasteiger partial charge in [0.1, 0.15) is 16.8 Å². The van der Waals surface area contributed by atoms with Crippen LogP contribution in [-0.2, 0) is 17.6 Å². The van der Waals surface area contributed by atoms with Gasteiger partial charge in [0.2, 0.25) is 0 Å². The molecule has 1 aromatic heterocycles. The SMILES string of the molecule is C[C@@H]1CCc2c(sc(NC(=O)C(C)(C)Oc3ccc(Cl)cc3)c2C#N)C1. The number of carbonyl (C=O) groups is 1. The number of fused-ring (bicyclic) bond motifs is 1. The second-order valence-electron chi connectivity index (χ2n) is 7.19. The molecule has 0 bridgehead atoms.